The van der Waals surface area contributed by atoms with E-state index in [1.807, 2.05) is 18.2 Å². The average molecular weight is 323 g/mol. The Bertz CT molecular complexity index is 484. The van der Waals surface area contributed by atoms with Crippen LogP contribution in [0.4, 0.5) is 0 Å². The fourth-order valence-corrected chi connectivity index (χ4v) is 3.33. The normalized spacial score (nSPS) is 17.5. The van der Waals surface area contributed by atoms with E-state index < -0.39 is 0 Å². The summed E-state index contributed by atoms with van der Waals surface area (Å²) in [6.45, 7) is 6.92. The summed E-state index contributed by atoms with van der Waals surface area (Å²) in [5.41, 5.74) is 1.12. The average Bonchev–Trinajstić information content (AvgIpc) is 2.49. The lowest BCUT2D eigenvalue weighted by molar-refractivity contribution is -0.122. The highest BCUT2D eigenvalue weighted by molar-refractivity contribution is 6.31. The van der Waals surface area contributed by atoms with E-state index in [2.05, 4.69) is 30.1 Å². The second-order valence-corrected chi connectivity index (χ2v) is 6.94. The molecule has 1 atom stereocenters. The van der Waals surface area contributed by atoms with Gasteiger partial charge in [-0.15, -0.1) is 0 Å². The number of amides is 1. The Balaban J connectivity index is 2.08. The Kier molecular flexibility index (Phi) is 6.71. The quantitative estimate of drug-likeness (QED) is 0.857. The van der Waals surface area contributed by atoms with E-state index in [0.717, 1.165) is 23.7 Å². The number of nitrogens with one attached hydrogen (secondary N) is 1. The van der Waals surface area contributed by atoms with Crippen LogP contribution < -0.4 is 5.32 Å². The standard InChI is InChI=1S/C18H27ClN2O/c1-14(2)12-18(22)20-13-17(21-10-6-3-7-11-21)15-8-4-5-9-16(15)19/h4-5,8-9,14,17H,3,6-7,10-13H2,1-2H3,(H,20,22)/t17-/m0/s1. The van der Waals surface area contributed by atoms with Gasteiger partial charge in [0.2, 0.25) is 5.91 Å². The third-order valence-electron chi connectivity index (χ3n) is 4.18. The molecule has 0 aromatic heterocycles. The SMILES string of the molecule is CC(C)CC(=O)NC[C@@H](c1ccccc1Cl)N1CCCCC1. The third-order valence-corrected chi connectivity index (χ3v) is 4.53. The first-order valence-corrected chi connectivity index (χ1v) is 8.71. The van der Waals surface area contributed by atoms with E-state index >= 15 is 0 Å². The first kappa shape index (κ1) is 17.3. The van der Waals surface area contributed by atoms with Crippen LogP contribution in [0.1, 0.15) is 51.1 Å². The van der Waals surface area contributed by atoms with E-state index in [1.165, 1.54) is 19.3 Å². The maximum Gasteiger partial charge on any atom is 0.220 e. The fraction of sp³-hybridized carbons (Fsp3) is 0.611. The molecule has 2 rings (SSSR count). The summed E-state index contributed by atoms with van der Waals surface area (Å²) < 4.78 is 0. The zero-order valence-electron chi connectivity index (χ0n) is 13.6. The molecule has 122 valence electrons. The zero-order chi connectivity index (χ0) is 15.9. The molecule has 1 aromatic carbocycles. The van der Waals surface area contributed by atoms with Gasteiger partial charge in [0.25, 0.3) is 0 Å². The van der Waals surface area contributed by atoms with Gasteiger partial charge in [-0.1, -0.05) is 50.1 Å². The van der Waals surface area contributed by atoms with Gasteiger partial charge < -0.3 is 5.32 Å². The molecule has 0 spiro atoms. The number of likely N-dealkylation sites (tertiary alicyclic amines) is 1. The van der Waals surface area contributed by atoms with Crippen molar-refractivity contribution < 1.29 is 4.79 Å². The predicted octanol–water partition coefficient (Wildman–Crippen LogP) is 4.03. The van der Waals surface area contributed by atoms with Crippen molar-refractivity contribution in [1.82, 2.24) is 10.2 Å². The summed E-state index contributed by atoms with van der Waals surface area (Å²) in [5, 5.41) is 3.89. The Labute approximate surface area is 139 Å². The number of halogens is 1. The highest BCUT2D eigenvalue weighted by atomic mass is 35.5. The fourth-order valence-electron chi connectivity index (χ4n) is 3.06. The van der Waals surface area contributed by atoms with Gasteiger partial charge in [-0.05, 0) is 43.5 Å². The van der Waals surface area contributed by atoms with Crippen molar-refractivity contribution in [3.63, 3.8) is 0 Å². The number of piperidine rings is 1. The molecule has 1 aliphatic heterocycles. The largest absolute Gasteiger partial charge is 0.354 e. The highest BCUT2D eigenvalue weighted by Gasteiger charge is 2.24. The second-order valence-electron chi connectivity index (χ2n) is 6.54. The molecule has 1 heterocycles. The molecule has 0 unspecified atom stereocenters. The van der Waals surface area contributed by atoms with E-state index in [-0.39, 0.29) is 11.9 Å². The van der Waals surface area contributed by atoms with Gasteiger partial charge in [0.05, 0.1) is 6.04 Å². The third kappa shape index (κ3) is 4.99. The molecule has 3 nitrogen and oxygen atoms in total. The molecule has 4 heteroatoms. The minimum atomic E-state index is 0.129. The van der Waals surface area contributed by atoms with E-state index in [9.17, 15) is 4.79 Å². The van der Waals surface area contributed by atoms with Crippen LogP contribution in [0.2, 0.25) is 5.02 Å². The molecule has 1 amide bonds. The number of carbonyl (C=O) groups excluding carboxylic acids is 1. The summed E-state index contributed by atoms with van der Waals surface area (Å²) in [5.74, 6) is 0.512. The molecule has 1 aliphatic rings. The maximum atomic E-state index is 12.0. The van der Waals surface area contributed by atoms with Crippen LogP contribution in [0.5, 0.6) is 0 Å². The lowest BCUT2D eigenvalue weighted by Crippen LogP contribution is -2.41. The van der Waals surface area contributed by atoms with Gasteiger partial charge in [-0.25, -0.2) is 0 Å². The van der Waals surface area contributed by atoms with Crippen molar-refractivity contribution in [1.29, 1.82) is 0 Å². The molecule has 1 saturated heterocycles. The van der Waals surface area contributed by atoms with Crippen LogP contribution in [0.25, 0.3) is 0 Å². The second kappa shape index (κ2) is 8.54. The highest BCUT2D eigenvalue weighted by Crippen LogP contribution is 2.29. The minimum Gasteiger partial charge on any atom is -0.354 e. The van der Waals surface area contributed by atoms with Gasteiger partial charge in [0.15, 0.2) is 0 Å². The summed E-state index contributed by atoms with van der Waals surface area (Å²) >= 11 is 6.40. The number of nitrogens with zero attached hydrogens (tertiary/aromatic N) is 1. The van der Waals surface area contributed by atoms with Crippen LogP contribution in [0.3, 0.4) is 0 Å². The van der Waals surface area contributed by atoms with Crippen molar-refractivity contribution in [3.8, 4) is 0 Å². The topological polar surface area (TPSA) is 32.3 Å². The first-order chi connectivity index (χ1) is 10.6. The molecule has 1 N–H and O–H groups in total. The molecular weight excluding hydrogens is 296 g/mol. The molecular formula is C18H27ClN2O. The predicted molar refractivity (Wildman–Crippen MR) is 92.1 cm³/mol. The van der Waals surface area contributed by atoms with Crippen molar-refractivity contribution in [2.75, 3.05) is 19.6 Å². The Morgan fingerprint density at radius 1 is 1.23 bits per heavy atom. The van der Waals surface area contributed by atoms with E-state index in [4.69, 9.17) is 11.6 Å². The molecule has 22 heavy (non-hydrogen) atoms. The molecule has 0 saturated carbocycles. The molecule has 0 bridgehead atoms. The summed E-state index contributed by atoms with van der Waals surface area (Å²) in [6, 6.07) is 8.16. The minimum absolute atomic E-state index is 0.129. The maximum absolute atomic E-state index is 12.0. The van der Waals surface area contributed by atoms with Crippen molar-refractivity contribution in [2.45, 2.75) is 45.6 Å². The van der Waals surface area contributed by atoms with Gasteiger partial charge in [0, 0.05) is 18.0 Å². The summed E-state index contributed by atoms with van der Waals surface area (Å²) in [6.07, 6.45) is 4.32. The van der Waals surface area contributed by atoms with Crippen LogP contribution in [-0.2, 0) is 4.79 Å². The van der Waals surface area contributed by atoms with Gasteiger partial charge in [0.1, 0.15) is 0 Å². The van der Waals surface area contributed by atoms with E-state index in [1.54, 1.807) is 0 Å². The molecule has 1 aromatic rings. The van der Waals surface area contributed by atoms with Gasteiger partial charge in [-0.3, -0.25) is 9.69 Å². The van der Waals surface area contributed by atoms with Gasteiger partial charge >= 0.3 is 0 Å². The molecule has 0 radical (unpaired) electrons. The lowest BCUT2D eigenvalue weighted by atomic mass is 10.0. The van der Waals surface area contributed by atoms with Crippen LogP contribution in [-0.4, -0.2) is 30.4 Å². The first-order valence-electron chi connectivity index (χ1n) is 8.33. The Hall–Kier alpha value is -1.06. The Morgan fingerprint density at radius 3 is 2.55 bits per heavy atom. The number of benzene rings is 1. The molecule has 0 aliphatic carbocycles. The van der Waals surface area contributed by atoms with E-state index in [0.29, 0.717) is 18.9 Å². The van der Waals surface area contributed by atoms with Crippen molar-refractivity contribution in [2.24, 2.45) is 5.92 Å². The monoisotopic (exact) mass is 322 g/mol. The van der Waals surface area contributed by atoms with Gasteiger partial charge in [-0.2, -0.15) is 0 Å². The number of rotatable bonds is 6. The van der Waals surface area contributed by atoms with Crippen LogP contribution >= 0.6 is 11.6 Å². The number of carbonyl (C=O) groups is 1. The van der Waals surface area contributed by atoms with Crippen molar-refractivity contribution >= 4 is 17.5 Å². The smallest absolute Gasteiger partial charge is 0.220 e. The number of hydrogen-bond acceptors (Lipinski definition) is 2. The van der Waals surface area contributed by atoms with Crippen LogP contribution in [0, 0.1) is 5.92 Å². The zero-order valence-corrected chi connectivity index (χ0v) is 14.4. The Morgan fingerprint density at radius 2 is 1.91 bits per heavy atom. The van der Waals surface area contributed by atoms with Crippen molar-refractivity contribution in [3.05, 3.63) is 34.9 Å². The van der Waals surface area contributed by atoms with Crippen LogP contribution in [0.15, 0.2) is 24.3 Å². The number of hydrogen-bond donors (Lipinski definition) is 1. The summed E-state index contributed by atoms with van der Waals surface area (Å²) in [7, 11) is 0. The molecule has 1 fully saturated rings. The summed E-state index contributed by atoms with van der Waals surface area (Å²) in [4.78, 5) is 14.5. The lowest BCUT2D eigenvalue weighted by Gasteiger charge is -2.35.